The standard InChI is InChI=1S/C18H15N3O3/c1-23-13-8-7-10(9-14(13)24-2)19-18-15-16(20-21-18)11-5-3-4-6-12(11)17(15)22/h3-9H,1-2H3,(H2,19,20,21). The third kappa shape index (κ3) is 2.04. The summed E-state index contributed by atoms with van der Waals surface area (Å²) in [4.78, 5) is 12.6. The number of fused-ring (bicyclic) bond motifs is 3. The quantitative estimate of drug-likeness (QED) is 0.602. The van der Waals surface area contributed by atoms with Crippen LogP contribution in [0.4, 0.5) is 11.5 Å². The minimum Gasteiger partial charge on any atom is -0.493 e. The van der Waals surface area contributed by atoms with E-state index in [0.717, 1.165) is 16.9 Å². The number of ketones is 1. The molecule has 1 heterocycles. The average Bonchev–Trinajstić information content (AvgIpc) is 3.15. The van der Waals surface area contributed by atoms with Gasteiger partial charge < -0.3 is 14.8 Å². The van der Waals surface area contributed by atoms with Crippen LogP contribution in [-0.4, -0.2) is 30.2 Å². The van der Waals surface area contributed by atoms with Gasteiger partial charge in [-0.3, -0.25) is 9.89 Å². The largest absolute Gasteiger partial charge is 0.493 e. The summed E-state index contributed by atoms with van der Waals surface area (Å²) in [6, 6.07) is 12.9. The number of nitrogens with one attached hydrogen (secondary N) is 2. The van der Waals surface area contributed by atoms with Crippen LogP contribution in [0, 0.1) is 0 Å². The molecule has 0 saturated carbocycles. The SMILES string of the molecule is COc1ccc(Nc2n[nH]c3c2C(=O)c2ccccc2-3)cc1OC. The predicted octanol–water partition coefficient (Wildman–Crippen LogP) is 3.38. The molecule has 6 nitrogen and oxygen atoms in total. The summed E-state index contributed by atoms with van der Waals surface area (Å²) in [6.45, 7) is 0. The molecule has 0 aliphatic heterocycles. The number of H-pyrrole nitrogens is 1. The van der Waals surface area contributed by atoms with Gasteiger partial charge in [0.2, 0.25) is 0 Å². The van der Waals surface area contributed by atoms with Crippen LogP contribution < -0.4 is 14.8 Å². The molecule has 120 valence electrons. The zero-order valence-electron chi connectivity index (χ0n) is 13.2. The van der Waals surface area contributed by atoms with Gasteiger partial charge in [0.25, 0.3) is 0 Å². The van der Waals surface area contributed by atoms with Crippen molar-refractivity contribution in [1.82, 2.24) is 10.2 Å². The van der Waals surface area contributed by atoms with Crippen molar-refractivity contribution < 1.29 is 14.3 Å². The van der Waals surface area contributed by atoms with E-state index in [0.29, 0.717) is 28.4 Å². The van der Waals surface area contributed by atoms with E-state index in [1.807, 2.05) is 30.3 Å². The van der Waals surface area contributed by atoms with E-state index >= 15 is 0 Å². The van der Waals surface area contributed by atoms with Crippen LogP contribution >= 0.6 is 0 Å². The second-order valence-corrected chi connectivity index (χ2v) is 5.39. The predicted molar refractivity (Wildman–Crippen MR) is 90.3 cm³/mol. The van der Waals surface area contributed by atoms with Crippen molar-refractivity contribution in [3.63, 3.8) is 0 Å². The fraction of sp³-hybridized carbons (Fsp3) is 0.111. The molecule has 2 aromatic carbocycles. The van der Waals surface area contributed by atoms with Crippen molar-refractivity contribution in [3.8, 4) is 22.8 Å². The van der Waals surface area contributed by atoms with Crippen molar-refractivity contribution in [2.24, 2.45) is 0 Å². The minimum absolute atomic E-state index is 0.0303. The number of methoxy groups -OCH3 is 2. The highest BCUT2D eigenvalue weighted by Crippen LogP contribution is 2.39. The Balaban J connectivity index is 1.72. The molecule has 4 rings (SSSR count). The van der Waals surface area contributed by atoms with E-state index < -0.39 is 0 Å². The van der Waals surface area contributed by atoms with Crippen molar-refractivity contribution in [2.45, 2.75) is 0 Å². The molecule has 0 bridgehead atoms. The van der Waals surface area contributed by atoms with Crippen molar-refractivity contribution >= 4 is 17.3 Å². The molecule has 1 aromatic heterocycles. The molecule has 2 N–H and O–H groups in total. The van der Waals surface area contributed by atoms with E-state index in [2.05, 4.69) is 15.5 Å². The molecular formula is C18H15N3O3. The third-order valence-electron chi connectivity index (χ3n) is 4.08. The summed E-state index contributed by atoms with van der Waals surface area (Å²) < 4.78 is 10.5. The topological polar surface area (TPSA) is 76.2 Å². The van der Waals surface area contributed by atoms with Gasteiger partial charge >= 0.3 is 0 Å². The Hall–Kier alpha value is -3.28. The highest BCUT2D eigenvalue weighted by Gasteiger charge is 2.32. The van der Waals surface area contributed by atoms with Gasteiger partial charge in [0.1, 0.15) is 0 Å². The lowest BCUT2D eigenvalue weighted by Gasteiger charge is -2.10. The molecule has 0 fully saturated rings. The maximum Gasteiger partial charge on any atom is 0.199 e. The molecule has 0 radical (unpaired) electrons. The summed E-state index contributed by atoms with van der Waals surface area (Å²) >= 11 is 0. The molecule has 24 heavy (non-hydrogen) atoms. The monoisotopic (exact) mass is 321 g/mol. The number of ether oxygens (including phenoxy) is 2. The maximum atomic E-state index is 12.6. The van der Waals surface area contributed by atoms with Gasteiger partial charge in [0.15, 0.2) is 23.1 Å². The molecule has 0 spiro atoms. The second kappa shape index (κ2) is 5.42. The molecular weight excluding hydrogens is 306 g/mol. The Kier molecular flexibility index (Phi) is 3.23. The van der Waals surface area contributed by atoms with Crippen LogP contribution in [0.1, 0.15) is 15.9 Å². The summed E-state index contributed by atoms with van der Waals surface area (Å²) in [6.07, 6.45) is 0. The number of nitrogens with zero attached hydrogens (tertiary/aromatic N) is 1. The minimum atomic E-state index is -0.0303. The summed E-state index contributed by atoms with van der Waals surface area (Å²) in [7, 11) is 3.16. The number of benzene rings is 2. The zero-order valence-corrected chi connectivity index (χ0v) is 13.2. The number of hydrogen-bond acceptors (Lipinski definition) is 5. The van der Waals surface area contributed by atoms with Gasteiger partial charge in [0, 0.05) is 22.9 Å². The molecule has 1 aliphatic rings. The van der Waals surface area contributed by atoms with Crippen molar-refractivity contribution in [1.29, 1.82) is 0 Å². The molecule has 1 aliphatic carbocycles. The fourth-order valence-corrected chi connectivity index (χ4v) is 2.93. The van der Waals surface area contributed by atoms with Gasteiger partial charge in [-0.25, -0.2) is 0 Å². The van der Waals surface area contributed by atoms with Crippen LogP contribution in [-0.2, 0) is 0 Å². The van der Waals surface area contributed by atoms with Crippen molar-refractivity contribution in [3.05, 3.63) is 53.6 Å². The first-order chi connectivity index (χ1) is 11.7. The Bertz CT molecular complexity index is 946. The fourth-order valence-electron chi connectivity index (χ4n) is 2.93. The van der Waals surface area contributed by atoms with Gasteiger partial charge in [0.05, 0.1) is 25.5 Å². The molecule has 6 heteroatoms. The Morgan fingerprint density at radius 1 is 1.00 bits per heavy atom. The lowest BCUT2D eigenvalue weighted by molar-refractivity contribution is 0.104. The van der Waals surface area contributed by atoms with Gasteiger partial charge in [-0.1, -0.05) is 24.3 Å². The first kappa shape index (κ1) is 14.3. The van der Waals surface area contributed by atoms with E-state index in [-0.39, 0.29) is 5.78 Å². The summed E-state index contributed by atoms with van der Waals surface area (Å²) in [5.41, 5.74) is 3.64. The van der Waals surface area contributed by atoms with Gasteiger partial charge in [-0.15, -0.1) is 0 Å². The average molecular weight is 321 g/mol. The molecule has 0 amide bonds. The number of rotatable bonds is 4. The van der Waals surface area contributed by atoms with Crippen LogP contribution in [0.15, 0.2) is 42.5 Å². The zero-order chi connectivity index (χ0) is 16.7. The van der Waals surface area contributed by atoms with Crippen LogP contribution in [0.2, 0.25) is 0 Å². The Morgan fingerprint density at radius 2 is 1.75 bits per heavy atom. The third-order valence-corrected chi connectivity index (χ3v) is 4.08. The molecule has 3 aromatic rings. The Morgan fingerprint density at radius 3 is 2.50 bits per heavy atom. The van der Waals surface area contributed by atoms with Crippen LogP contribution in [0.25, 0.3) is 11.3 Å². The number of carbonyl (C=O) groups is 1. The maximum absolute atomic E-state index is 12.6. The van der Waals surface area contributed by atoms with E-state index in [4.69, 9.17) is 9.47 Å². The number of hydrogen-bond donors (Lipinski definition) is 2. The smallest absolute Gasteiger partial charge is 0.199 e. The Labute approximate surface area is 138 Å². The highest BCUT2D eigenvalue weighted by molar-refractivity contribution is 6.23. The normalized spacial score (nSPS) is 11.8. The number of aromatic amines is 1. The molecule has 0 atom stereocenters. The second-order valence-electron chi connectivity index (χ2n) is 5.39. The van der Waals surface area contributed by atoms with Gasteiger partial charge in [-0.2, -0.15) is 5.10 Å². The number of carbonyl (C=O) groups excluding carboxylic acids is 1. The summed E-state index contributed by atoms with van der Waals surface area (Å²) in [5, 5.41) is 10.4. The first-order valence-electron chi connectivity index (χ1n) is 7.44. The summed E-state index contributed by atoms with van der Waals surface area (Å²) in [5.74, 6) is 1.71. The lowest BCUT2D eigenvalue weighted by Crippen LogP contribution is -2.01. The van der Waals surface area contributed by atoms with E-state index in [1.54, 1.807) is 26.4 Å². The number of anilines is 2. The highest BCUT2D eigenvalue weighted by atomic mass is 16.5. The van der Waals surface area contributed by atoms with E-state index in [1.165, 1.54) is 0 Å². The molecule has 0 unspecified atom stereocenters. The lowest BCUT2D eigenvalue weighted by atomic mass is 10.1. The van der Waals surface area contributed by atoms with E-state index in [9.17, 15) is 4.79 Å². The molecule has 0 saturated heterocycles. The number of aromatic nitrogens is 2. The first-order valence-corrected chi connectivity index (χ1v) is 7.44. The van der Waals surface area contributed by atoms with Crippen molar-refractivity contribution in [2.75, 3.05) is 19.5 Å². The van der Waals surface area contributed by atoms with Crippen LogP contribution in [0.3, 0.4) is 0 Å². The van der Waals surface area contributed by atoms with Gasteiger partial charge in [-0.05, 0) is 12.1 Å². The van der Waals surface area contributed by atoms with Crippen LogP contribution in [0.5, 0.6) is 11.5 Å².